The van der Waals surface area contributed by atoms with Gasteiger partial charge in [0.15, 0.2) is 0 Å². The van der Waals surface area contributed by atoms with Gasteiger partial charge in [-0.3, -0.25) is 0 Å². The summed E-state index contributed by atoms with van der Waals surface area (Å²) in [5, 5.41) is 0.674. The SMILES string of the molecule is COc1cc(C)c(SC)cc1Cl. The summed E-state index contributed by atoms with van der Waals surface area (Å²) in [6, 6.07) is 3.88. The minimum Gasteiger partial charge on any atom is -0.495 e. The van der Waals surface area contributed by atoms with Crippen molar-refractivity contribution in [2.24, 2.45) is 0 Å². The van der Waals surface area contributed by atoms with Crippen LogP contribution in [0.4, 0.5) is 0 Å². The molecule has 0 radical (unpaired) electrons. The lowest BCUT2D eigenvalue weighted by atomic mass is 10.2. The molecular formula is C9H11ClOS. The molecular weight excluding hydrogens is 192 g/mol. The van der Waals surface area contributed by atoms with Crippen LogP contribution < -0.4 is 4.74 Å². The highest BCUT2D eigenvalue weighted by atomic mass is 35.5. The van der Waals surface area contributed by atoms with Gasteiger partial charge in [-0.15, -0.1) is 11.8 Å². The zero-order valence-electron chi connectivity index (χ0n) is 7.35. The van der Waals surface area contributed by atoms with E-state index in [1.165, 1.54) is 10.5 Å². The van der Waals surface area contributed by atoms with Gasteiger partial charge in [0.2, 0.25) is 0 Å². The second kappa shape index (κ2) is 4.06. The fourth-order valence-electron chi connectivity index (χ4n) is 1.01. The molecule has 0 aliphatic rings. The van der Waals surface area contributed by atoms with Crippen molar-refractivity contribution >= 4 is 23.4 Å². The Hall–Kier alpha value is -0.340. The van der Waals surface area contributed by atoms with Gasteiger partial charge in [0, 0.05) is 4.90 Å². The zero-order valence-corrected chi connectivity index (χ0v) is 8.92. The van der Waals surface area contributed by atoms with Gasteiger partial charge in [-0.2, -0.15) is 0 Å². The molecule has 1 rings (SSSR count). The second-order valence-electron chi connectivity index (χ2n) is 2.46. The Morgan fingerprint density at radius 1 is 1.42 bits per heavy atom. The van der Waals surface area contributed by atoms with E-state index in [1.807, 2.05) is 25.3 Å². The van der Waals surface area contributed by atoms with E-state index in [2.05, 4.69) is 0 Å². The Kier molecular flexibility index (Phi) is 3.29. The Morgan fingerprint density at radius 3 is 2.58 bits per heavy atom. The second-order valence-corrected chi connectivity index (χ2v) is 3.71. The largest absolute Gasteiger partial charge is 0.495 e. The van der Waals surface area contributed by atoms with Gasteiger partial charge in [-0.1, -0.05) is 11.6 Å². The maximum Gasteiger partial charge on any atom is 0.137 e. The van der Waals surface area contributed by atoms with Gasteiger partial charge in [-0.25, -0.2) is 0 Å². The molecule has 0 heterocycles. The molecule has 0 aromatic heterocycles. The Morgan fingerprint density at radius 2 is 2.08 bits per heavy atom. The lowest BCUT2D eigenvalue weighted by Gasteiger charge is -2.07. The standard InChI is InChI=1S/C9H11ClOS/c1-6-4-8(11-2)7(10)5-9(6)12-3/h4-5H,1-3H3. The predicted octanol–water partition coefficient (Wildman–Crippen LogP) is 3.38. The van der Waals surface area contributed by atoms with Crippen LogP contribution in [0.1, 0.15) is 5.56 Å². The fraction of sp³-hybridized carbons (Fsp3) is 0.333. The molecule has 12 heavy (non-hydrogen) atoms. The van der Waals surface area contributed by atoms with Gasteiger partial charge < -0.3 is 4.74 Å². The summed E-state index contributed by atoms with van der Waals surface area (Å²) in [6.45, 7) is 2.05. The minimum absolute atomic E-state index is 0.674. The van der Waals surface area contributed by atoms with Gasteiger partial charge >= 0.3 is 0 Å². The summed E-state index contributed by atoms with van der Waals surface area (Å²) in [6.07, 6.45) is 2.03. The first-order chi connectivity index (χ1) is 5.69. The van der Waals surface area contributed by atoms with E-state index in [0.29, 0.717) is 5.02 Å². The molecule has 0 spiro atoms. The third-order valence-electron chi connectivity index (χ3n) is 1.67. The number of thioether (sulfide) groups is 1. The van der Waals surface area contributed by atoms with Crippen LogP contribution in [-0.4, -0.2) is 13.4 Å². The average molecular weight is 203 g/mol. The Balaban J connectivity index is 3.16. The molecule has 0 fully saturated rings. The van der Waals surface area contributed by atoms with Crippen LogP contribution in [-0.2, 0) is 0 Å². The fourth-order valence-corrected chi connectivity index (χ4v) is 1.94. The molecule has 0 N–H and O–H groups in total. The van der Waals surface area contributed by atoms with E-state index in [4.69, 9.17) is 16.3 Å². The highest BCUT2D eigenvalue weighted by Crippen LogP contribution is 2.31. The average Bonchev–Trinajstić information content (AvgIpc) is 2.08. The lowest BCUT2D eigenvalue weighted by Crippen LogP contribution is -1.87. The molecule has 0 aliphatic carbocycles. The first kappa shape index (κ1) is 9.75. The van der Waals surface area contributed by atoms with E-state index < -0.39 is 0 Å². The summed E-state index contributed by atoms with van der Waals surface area (Å²) in [5.74, 6) is 0.743. The Labute approximate surface area is 82.1 Å². The molecule has 0 saturated carbocycles. The normalized spacial score (nSPS) is 10.0. The van der Waals surface area contributed by atoms with Gasteiger partial charge in [0.1, 0.15) is 5.75 Å². The number of hydrogen-bond acceptors (Lipinski definition) is 2. The van der Waals surface area contributed by atoms with Crippen molar-refractivity contribution in [2.75, 3.05) is 13.4 Å². The van der Waals surface area contributed by atoms with E-state index >= 15 is 0 Å². The molecule has 0 aliphatic heterocycles. The summed E-state index contributed by atoms with van der Waals surface area (Å²) < 4.78 is 5.08. The van der Waals surface area contributed by atoms with Gasteiger partial charge in [0.05, 0.1) is 12.1 Å². The van der Waals surface area contributed by atoms with Gasteiger partial charge in [-0.05, 0) is 30.9 Å². The van der Waals surface area contributed by atoms with Crippen LogP contribution >= 0.6 is 23.4 Å². The van der Waals surface area contributed by atoms with Crippen molar-refractivity contribution in [2.45, 2.75) is 11.8 Å². The number of aryl methyl sites for hydroxylation is 1. The molecule has 0 saturated heterocycles. The van der Waals surface area contributed by atoms with E-state index in [9.17, 15) is 0 Å². The number of methoxy groups -OCH3 is 1. The maximum absolute atomic E-state index is 5.94. The molecule has 0 unspecified atom stereocenters. The van der Waals surface area contributed by atoms with Crippen molar-refractivity contribution in [3.05, 3.63) is 22.7 Å². The minimum atomic E-state index is 0.674. The van der Waals surface area contributed by atoms with E-state index in [1.54, 1.807) is 18.9 Å². The topological polar surface area (TPSA) is 9.23 Å². The van der Waals surface area contributed by atoms with E-state index in [-0.39, 0.29) is 0 Å². The summed E-state index contributed by atoms with van der Waals surface area (Å²) >= 11 is 7.63. The molecule has 3 heteroatoms. The van der Waals surface area contributed by atoms with E-state index in [0.717, 1.165) is 5.75 Å². The van der Waals surface area contributed by atoms with Crippen LogP contribution in [0, 0.1) is 6.92 Å². The summed E-state index contributed by atoms with van der Waals surface area (Å²) in [7, 11) is 1.62. The number of rotatable bonds is 2. The smallest absolute Gasteiger partial charge is 0.137 e. The quantitative estimate of drug-likeness (QED) is 0.680. The zero-order chi connectivity index (χ0) is 9.14. The number of ether oxygens (including phenoxy) is 1. The molecule has 0 amide bonds. The van der Waals surface area contributed by atoms with Crippen molar-refractivity contribution in [3.63, 3.8) is 0 Å². The van der Waals surface area contributed by atoms with Crippen LogP contribution in [0.25, 0.3) is 0 Å². The number of hydrogen-bond donors (Lipinski definition) is 0. The molecule has 66 valence electrons. The molecule has 1 nitrogen and oxygen atoms in total. The predicted molar refractivity (Wildman–Crippen MR) is 54.5 cm³/mol. The highest BCUT2D eigenvalue weighted by molar-refractivity contribution is 7.98. The summed E-state index contributed by atoms with van der Waals surface area (Å²) in [5.41, 5.74) is 1.20. The number of benzene rings is 1. The molecule has 1 aromatic rings. The first-order valence-corrected chi connectivity index (χ1v) is 5.17. The van der Waals surface area contributed by atoms with Crippen molar-refractivity contribution < 1.29 is 4.74 Å². The van der Waals surface area contributed by atoms with Crippen LogP contribution in [0.3, 0.4) is 0 Å². The van der Waals surface area contributed by atoms with Gasteiger partial charge in [0.25, 0.3) is 0 Å². The molecule has 1 aromatic carbocycles. The van der Waals surface area contributed by atoms with Crippen molar-refractivity contribution in [3.8, 4) is 5.75 Å². The lowest BCUT2D eigenvalue weighted by molar-refractivity contribution is 0.414. The van der Waals surface area contributed by atoms with Crippen LogP contribution in [0.15, 0.2) is 17.0 Å². The highest BCUT2D eigenvalue weighted by Gasteiger charge is 2.04. The first-order valence-electron chi connectivity index (χ1n) is 3.57. The Bertz CT molecular complexity index is 256. The molecule has 0 atom stereocenters. The maximum atomic E-state index is 5.94. The van der Waals surface area contributed by atoms with Crippen molar-refractivity contribution in [1.82, 2.24) is 0 Å². The third kappa shape index (κ3) is 1.87. The van der Waals surface area contributed by atoms with Crippen molar-refractivity contribution in [1.29, 1.82) is 0 Å². The third-order valence-corrected chi connectivity index (χ3v) is 2.84. The monoisotopic (exact) mass is 202 g/mol. The summed E-state index contributed by atoms with van der Waals surface area (Å²) in [4.78, 5) is 1.20. The number of halogens is 1. The van der Waals surface area contributed by atoms with Crippen LogP contribution in [0.2, 0.25) is 5.02 Å². The van der Waals surface area contributed by atoms with Crippen LogP contribution in [0.5, 0.6) is 5.75 Å². The molecule has 0 bridgehead atoms.